The normalized spacial score (nSPS) is 16.4. The molecule has 1 atom stereocenters. The number of hydrogen-bond donors (Lipinski definition) is 0. The third-order valence-corrected chi connectivity index (χ3v) is 9.19. The van der Waals surface area contributed by atoms with Crippen molar-refractivity contribution in [3.63, 3.8) is 0 Å². The molecule has 1 unspecified atom stereocenters. The van der Waals surface area contributed by atoms with Crippen molar-refractivity contribution in [2.45, 2.75) is 0 Å². The molecule has 0 bridgehead atoms. The van der Waals surface area contributed by atoms with Crippen LogP contribution in [0.3, 0.4) is 0 Å². The quantitative estimate of drug-likeness (QED) is 0.632. The first-order valence-corrected chi connectivity index (χ1v) is 9.96. The van der Waals surface area contributed by atoms with Gasteiger partial charge in [0.25, 0.3) is 0 Å². The molecule has 1 aliphatic heterocycles. The fourth-order valence-electron chi connectivity index (χ4n) is 2.83. The molecule has 21 heavy (non-hydrogen) atoms. The van der Waals surface area contributed by atoms with E-state index in [-0.39, 0.29) is 0 Å². The molecule has 1 heterocycles. The Kier molecular flexibility index (Phi) is 3.25. The average Bonchev–Trinajstić information content (AvgIpc) is 2.96. The average molecular weight is 330 g/mol. The van der Waals surface area contributed by atoms with E-state index in [0.717, 1.165) is 0 Å². The predicted octanol–water partition coefficient (Wildman–Crippen LogP) is 3.39. The molecule has 0 radical (unpaired) electrons. The van der Waals surface area contributed by atoms with Gasteiger partial charge in [-0.2, -0.15) is 0 Å². The van der Waals surface area contributed by atoms with Gasteiger partial charge >= 0.3 is 130 Å². The van der Waals surface area contributed by atoms with E-state index < -0.39 is 14.7 Å². The Balaban J connectivity index is 1.90. The first-order valence-electron chi connectivity index (χ1n) is 7.15. The summed E-state index contributed by atoms with van der Waals surface area (Å²) in [6.45, 7) is 0. The number of fused-ring (bicyclic) bond motifs is 1. The van der Waals surface area contributed by atoms with Gasteiger partial charge in [0.15, 0.2) is 0 Å². The van der Waals surface area contributed by atoms with Gasteiger partial charge in [-0.1, -0.05) is 0 Å². The van der Waals surface area contributed by atoms with E-state index >= 15 is 0 Å². The summed E-state index contributed by atoms with van der Waals surface area (Å²) < 4.78 is 4.59. The molecule has 3 aromatic rings. The van der Waals surface area contributed by atoms with E-state index in [0.29, 0.717) is 0 Å². The summed E-state index contributed by atoms with van der Waals surface area (Å²) in [5.74, 6) is 0. The molecule has 100 valence electrons. The molecule has 0 saturated heterocycles. The molecule has 0 amide bonds. The van der Waals surface area contributed by atoms with Gasteiger partial charge in [-0.15, -0.1) is 0 Å². The van der Waals surface area contributed by atoms with Crippen LogP contribution in [0.15, 0.2) is 84.9 Å². The second-order valence-corrected chi connectivity index (χ2v) is 9.64. The van der Waals surface area contributed by atoms with E-state index in [9.17, 15) is 0 Å². The summed E-state index contributed by atoms with van der Waals surface area (Å²) in [6, 6.07) is 30.7. The monoisotopic (exact) mass is 330 g/mol. The van der Waals surface area contributed by atoms with Gasteiger partial charge in [0.1, 0.15) is 0 Å². The Morgan fingerprint density at radius 1 is 0.571 bits per heavy atom. The van der Waals surface area contributed by atoms with Crippen molar-refractivity contribution in [2.24, 2.45) is 0 Å². The van der Waals surface area contributed by atoms with Crippen LogP contribution in [0, 0.1) is 0 Å². The van der Waals surface area contributed by atoms with Gasteiger partial charge in [0.2, 0.25) is 0 Å². The Labute approximate surface area is 130 Å². The number of rotatable bonds is 2. The van der Waals surface area contributed by atoms with Crippen LogP contribution in [-0.4, -0.2) is 14.7 Å². The van der Waals surface area contributed by atoms with Crippen molar-refractivity contribution in [3.8, 4) is 0 Å². The van der Waals surface area contributed by atoms with Crippen molar-refractivity contribution in [2.75, 3.05) is 0 Å². The summed E-state index contributed by atoms with van der Waals surface area (Å²) in [5, 5.41) is 0. The zero-order chi connectivity index (χ0) is 14.1. The van der Waals surface area contributed by atoms with Crippen LogP contribution in [0.5, 0.6) is 0 Å². The zero-order valence-electron chi connectivity index (χ0n) is 11.6. The van der Waals surface area contributed by atoms with Crippen LogP contribution in [0.4, 0.5) is 0 Å². The topological polar surface area (TPSA) is 0 Å². The van der Waals surface area contributed by atoms with Crippen LogP contribution in [0.1, 0.15) is 11.1 Å². The molecule has 0 spiro atoms. The van der Waals surface area contributed by atoms with Gasteiger partial charge < -0.3 is 0 Å². The molecule has 0 fully saturated rings. The molecule has 3 aromatic carbocycles. The van der Waals surface area contributed by atoms with Gasteiger partial charge in [-0.05, 0) is 0 Å². The number of benzene rings is 3. The van der Waals surface area contributed by atoms with Crippen LogP contribution < -0.4 is 8.70 Å². The Morgan fingerprint density at radius 2 is 1.19 bits per heavy atom. The molecule has 0 aliphatic carbocycles. The van der Waals surface area contributed by atoms with E-state index in [1.165, 1.54) is 19.8 Å². The van der Waals surface area contributed by atoms with Crippen LogP contribution in [0.25, 0.3) is 10.4 Å². The third kappa shape index (κ3) is 2.26. The second kappa shape index (κ2) is 5.39. The molecule has 0 N–H and O–H groups in total. The summed E-state index contributed by atoms with van der Waals surface area (Å²) in [4.78, 5) is 0. The molecular formula is C20H15As. The SMILES string of the molecule is C1=C(c2ccccc2)[As](c2ccccc2)c2ccccc21. The third-order valence-electron chi connectivity index (χ3n) is 3.79. The number of hydrogen-bond acceptors (Lipinski definition) is 0. The van der Waals surface area contributed by atoms with Crippen molar-refractivity contribution < 1.29 is 0 Å². The first kappa shape index (κ1) is 12.7. The first-order chi connectivity index (χ1) is 10.4. The van der Waals surface area contributed by atoms with Crippen LogP contribution in [0.2, 0.25) is 0 Å². The van der Waals surface area contributed by atoms with Crippen molar-refractivity contribution >= 4 is 33.8 Å². The van der Waals surface area contributed by atoms with E-state index in [1.54, 1.807) is 4.35 Å². The van der Waals surface area contributed by atoms with E-state index in [2.05, 4.69) is 91.0 Å². The second-order valence-electron chi connectivity index (χ2n) is 5.13. The maximum atomic E-state index is 2.40. The maximum absolute atomic E-state index is 2.40. The fourth-order valence-corrected chi connectivity index (χ4v) is 8.27. The molecule has 1 heteroatoms. The van der Waals surface area contributed by atoms with Crippen molar-refractivity contribution in [1.82, 2.24) is 0 Å². The zero-order valence-corrected chi connectivity index (χ0v) is 13.5. The van der Waals surface area contributed by atoms with Crippen LogP contribution >= 0.6 is 0 Å². The van der Waals surface area contributed by atoms with Gasteiger partial charge in [-0.3, -0.25) is 0 Å². The molecular weight excluding hydrogens is 315 g/mol. The minimum absolute atomic E-state index is 1.37. The molecule has 0 saturated carbocycles. The summed E-state index contributed by atoms with van der Waals surface area (Å²) in [7, 11) is 0. The summed E-state index contributed by atoms with van der Waals surface area (Å²) >= 11 is -1.40. The molecule has 4 rings (SSSR count). The fraction of sp³-hybridized carbons (Fsp3) is 0. The predicted molar refractivity (Wildman–Crippen MR) is 92.2 cm³/mol. The van der Waals surface area contributed by atoms with E-state index in [1.807, 2.05) is 0 Å². The van der Waals surface area contributed by atoms with E-state index in [4.69, 9.17) is 0 Å². The van der Waals surface area contributed by atoms with Gasteiger partial charge in [0, 0.05) is 0 Å². The molecule has 0 aromatic heterocycles. The Hall–Kier alpha value is -2.04. The Bertz CT molecular complexity index is 788. The molecule has 1 aliphatic rings. The van der Waals surface area contributed by atoms with Crippen molar-refractivity contribution in [3.05, 3.63) is 96.1 Å². The summed E-state index contributed by atoms with van der Waals surface area (Å²) in [5.41, 5.74) is 2.78. The van der Waals surface area contributed by atoms with Crippen LogP contribution in [-0.2, 0) is 0 Å². The summed E-state index contributed by atoms with van der Waals surface area (Å²) in [6.07, 6.45) is 2.40. The van der Waals surface area contributed by atoms with Crippen molar-refractivity contribution in [1.29, 1.82) is 0 Å². The van der Waals surface area contributed by atoms with Gasteiger partial charge in [0.05, 0.1) is 0 Å². The van der Waals surface area contributed by atoms with Gasteiger partial charge in [-0.25, -0.2) is 0 Å². The Morgan fingerprint density at radius 3 is 1.95 bits per heavy atom. The molecule has 0 nitrogen and oxygen atoms in total. The minimum atomic E-state index is -1.40. The standard InChI is InChI=1S/C20H15As/c1-3-9-16(10-4-1)20-15-17-11-7-8-14-19(17)21(20)18-12-5-2-6-13-18/h1-15H.